The van der Waals surface area contributed by atoms with E-state index in [1.54, 1.807) is 0 Å². The molecular weight excluding hydrogens is 294 g/mol. The lowest BCUT2D eigenvalue weighted by Crippen LogP contribution is -2.38. The van der Waals surface area contributed by atoms with Crippen LogP contribution in [0.4, 0.5) is 4.79 Å². The Labute approximate surface area is 139 Å². The van der Waals surface area contributed by atoms with Crippen molar-refractivity contribution in [1.82, 2.24) is 5.32 Å². The zero-order chi connectivity index (χ0) is 17.6. The molecule has 0 aromatic heterocycles. The number of hydrogen-bond donors (Lipinski definition) is 1. The van der Waals surface area contributed by atoms with Gasteiger partial charge in [0.1, 0.15) is 5.60 Å². The molecule has 0 radical (unpaired) electrons. The van der Waals surface area contributed by atoms with Gasteiger partial charge < -0.3 is 14.8 Å². The predicted molar refractivity (Wildman–Crippen MR) is 90.0 cm³/mol. The number of rotatable bonds is 2. The van der Waals surface area contributed by atoms with Crippen molar-refractivity contribution in [3.05, 3.63) is 23.3 Å². The lowest BCUT2D eigenvalue weighted by Gasteiger charge is -2.23. The number of esters is 1. The zero-order valence-electron chi connectivity index (χ0n) is 15.1. The summed E-state index contributed by atoms with van der Waals surface area (Å²) in [6.45, 7) is 9.52. The molecule has 0 saturated heterocycles. The topological polar surface area (TPSA) is 64.6 Å². The number of allylic oxidation sites excluding steroid dienone is 1. The van der Waals surface area contributed by atoms with Gasteiger partial charge in [0.2, 0.25) is 0 Å². The average Bonchev–Trinajstić information content (AvgIpc) is 2.88. The van der Waals surface area contributed by atoms with E-state index in [4.69, 9.17) is 9.47 Å². The molecule has 0 aliphatic heterocycles. The molecule has 2 unspecified atom stereocenters. The third-order valence-electron chi connectivity index (χ3n) is 3.64. The van der Waals surface area contributed by atoms with Crippen molar-refractivity contribution in [2.75, 3.05) is 7.11 Å². The highest BCUT2D eigenvalue weighted by Crippen LogP contribution is 2.36. The van der Waals surface area contributed by atoms with Crippen molar-refractivity contribution in [2.24, 2.45) is 5.92 Å². The Morgan fingerprint density at radius 3 is 2.48 bits per heavy atom. The van der Waals surface area contributed by atoms with Crippen LogP contribution in [0.2, 0.25) is 0 Å². The van der Waals surface area contributed by atoms with Gasteiger partial charge in [-0.15, -0.1) is 0 Å². The minimum atomic E-state index is -0.502. The van der Waals surface area contributed by atoms with Gasteiger partial charge in [-0.2, -0.15) is 0 Å². The molecule has 0 spiro atoms. The number of hydrogen-bond acceptors (Lipinski definition) is 4. The van der Waals surface area contributed by atoms with Crippen LogP contribution in [0.3, 0.4) is 0 Å². The third kappa shape index (κ3) is 5.41. The minimum Gasteiger partial charge on any atom is -0.469 e. The first kappa shape index (κ1) is 19.3. The second kappa shape index (κ2) is 8.18. The SMILES string of the molecule is CC.COC(=O)C1C=C2CCC(NC(=O)OC(C)(C)C)C2=CC1. The Morgan fingerprint density at radius 2 is 1.91 bits per heavy atom. The monoisotopic (exact) mass is 323 g/mol. The fourth-order valence-corrected chi connectivity index (χ4v) is 2.76. The normalized spacial score (nSPS) is 22.7. The van der Waals surface area contributed by atoms with Crippen molar-refractivity contribution in [1.29, 1.82) is 0 Å². The molecule has 1 fully saturated rings. The van der Waals surface area contributed by atoms with Crippen LogP contribution >= 0.6 is 0 Å². The van der Waals surface area contributed by atoms with Crippen LogP contribution in [-0.4, -0.2) is 30.8 Å². The van der Waals surface area contributed by atoms with Gasteiger partial charge in [-0.25, -0.2) is 4.79 Å². The number of fused-ring (bicyclic) bond motifs is 1. The van der Waals surface area contributed by atoms with E-state index in [-0.39, 0.29) is 17.9 Å². The Hall–Kier alpha value is -1.78. The summed E-state index contributed by atoms with van der Waals surface area (Å²) in [5.74, 6) is -0.407. The van der Waals surface area contributed by atoms with Crippen molar-refractivity contribution < 1.29 is 19.1 Å². The van der Waals surface area contributed by atoms with Crippen molar-refractivity contribution >= 4 is 12.1 Å². The van der Waals surface area contributed by atoms with Crippen LogP contribution < -0.4 is 5.32 Å². The molecule has 130 valence electrons. The van der Waals surface area contributed by atoms with Gasteiger partial charge in [-0.3, -0.25) is 4.79 Å². The number of carbonyl (C=O) groups is 2. The van der Waals surface area contributed by atoms with Crippen LogP contribution in [0.15, 0.2) is 23.3 Å². The number of methoxy groups -OCH3 is 1. The third-order valence-corrected chi connectivity index (χ3v) is 3.64. The van der Waals surface area contributed by atoms with E-state index >= 15 is 0 Å². The quantitative estimate of drug-likeness (QED) is 0.786. The van der Waals surface area contributed by atoms with Crippen LogP contribution in [0, 0.1) is 5.92 Å². The first-order valence-electron chi connectivity index (χ1n) is 8.28. The van der Waals surface area contributed by atoms with Gasteiger partial charge in [-0.1, -0.05) is 26.0 Å². The van der Waals surface area contributed by atoms with Crippen molar-refractivity contribution in [3.63, 3.8) is 0 Å². The standard InChI is InChI=1S/C16H23NO4.C2H6/c1-16(2,3)21-15(19)17-13-8-6-10-9-11(14(18)20-4)5-7-12(10)13;1-2/h7,9,11,13H,5-6,8H2,1-4H3,(H,17,19);1-2H3. The molecule has 2 aliphatic rings. The van der Waals surface area contributed by atoms with E-state index in [1.165, 1.54) is 7.11 Å². The van der Waals surface area contributed by atoms with E-state index in [0.717, 1.165) is 24.0 Å². The Morgan fingerprint density at radius 1 is 1.26 bits per heavy atom. The zero-order valence-corrected chi connectivity index (χ0v) is 15.1. The summed E-state index contributed by atoms with van der Waals surface area (Å²) in [6, 6.07) is -0.0234. The molecule has 0 heterocycles. The van der Waals surface area contributed by atoms with Crippen LogP contribution in [0.5, 0.6) is 0 Å². The van der Waals surface area contributed by atoms with Gasteiger partial charge in [0.05, 0.1) is 19.1 Å². The van der Waals surface area contributed by atoms with E-state index in [9.17, 15) is 9.59 Å². The highest BCUT2D eigenvalue weighted by atomic mass is 16.6. The average molecular weight is 323 g/mol. The lowest BCUT2D eigenvalue weighted by atomic mass is 9.91. The fraction of sp³-hybridized carbons (Fsp3) is 0.667. The molecule has 2 aliphatic carbocycles. The predicted octanol–water partition coefficient (Wildman–Crippen LogP) is 3.75. The van der Waals surface area contributed by atoms with E-state index in [2.05, 4.69) is 5.32 Å². The van der Waals surface area contributed by atoms with Gasteiger partial charge in [0, 0.05) is 0 Å². The molecule has 2 rings (SSSR count). The van der Waals surface area contributed by atoms with Gasteiger partial charge in [-0.05, 0) is 51.2 Å². The second-order valence-electron chi connectivity index (χ2n) is 6.45. The smallest absolute Gasteiger partial charge is 0.408 e. The van der Waals surface area contributed by atoms with Crippen molar-refractivity contribution in [3.8, 4) is 0 Å². The van der Waals surface area contributed by atoms with E-state index in [1.807, 2.05) is 46.8 Å². The summed E-state index contributed by atoms with van der Waals surface area (Å²) < 4.78 is 10.1. The second-order valence-corrected chi connectivity index (χ2v) is 6.45. The highest BCUT2D eigenvalue weighted by Gasteiger charge is 2.32. The molecule has 5 heteroatoms. The van der Waals surface area contributed by atoms with Gasteiger partial charge >= 0.3 is 12.1 Å². The Bertz CT molecular complexity index is 500. The molecule has 1 saturated carbocycles. The molecule has 0 aromatic carbocycles. The first-order valence-corrected chi connectivity index (χ1v) is 8.28. The Kier molecular flexibility index (Phi) is 6.85. The maximum Gasteiger partial charge on any atom is 0.408 e. The molecule has 0 aromatic rings. The Balaban J connectivity index is 0.00000127. The molecule has 23 heavy (non-hydrogen) atoms. The van der Waals surface area contributed by atoms with Gasteiger partial charge in [0.15, 0.2) is 0 Å². The first-order chi connectivity index (χ1) is 10.8. The molecule has 1 amide bonds. The fourth-order valence-electron chi connectivity index (χ4n) is 2.76. The molecule has 1 N–H and O–H groups in total. The lowest BCUT2D eigenvalue weighted by molar-refractivity contribution is -0.143. The summed E-state index contributed by atoms with van der Waals surface area (Å²) in [5, 5.41) is 2.91. The molecule has 2 atom stereocenters. The summed E-state index contributed by atoms with van der Waals surface area (Å²) in [4.78, 5) is 23.4. The molecular formula is C18H29NO4. The maximum absolute atomic E-state index is 11.9. The van der Waals surface area contributed by atoms with Crippen LogP contribution in [-0.2, 0) is 14.3 Å². The minimum absolute atomic E-state index is 0.0234. The van der Waals surface area contributed by atoms with Crippen LogP contribution in [0.25, 0.3) is 0 Å². The summed E-state index contributed by atoms with van der Waals surface area (Å²) >= 11 is 0. The van der Waals surface area contributed by atoms with E-state index in [0.29, 0.717) is 6.42 Å². The van der Waals surface area contributed by atoms with Crippen LogP contribution in [0.1, 0.15) is 53.9 Å². The molecule has 5 nitrogen and oxygen atoms in total. The number of amides is 1. The van der Waals surface area contributed by atoms with E-state index < -0.39 is 11.7 Å². The number of alkyl carbamates (subject to hydrolysis) is 1. The highest BCUT2D eigenvalue weighted by molar-refractivity contribution is 5.76. The summed E-state index contributed by atoms with van der Waals surface area (Å²) in [7, 11) is 1.40. The van der Waals surface area contributed by atoms with Gasteiger partial charge in [0.25, 0.3) is 0 Å². The maximum atomic E-state index is 11.9. The number of nitrogens with one attached hydrogen (secondary N) is 1. The van der Waals surface area contributed by atoms with Crippen molar-refractivity contribution in [2.45, 2.75) is 65.5 Å². The number of carbonyl (C=O) groups excluding carboxylic acids is 2. The molecule has 0 bridgehead atoms. The largest absolute Gasteiger partial charge is 0.469 e. The summed E-state index contributed by atoms with van der Waals surface area (Å²) in [6.07, 6.45) is 5.93. The summed E-state index contributed by atoms with van der Waals surface area (Å²) in [5.41, 5.74) is 1.75. The number of ether oxygens (including phenoxy) is 2.